The van der Waals surface area contributed by atoms with Crippen LogP contribution in [0.4, 0.5) is 5.13 Å². The molecule has 0 unspecified atom stereocenters. The molecule has 0 aliphatic carbocycles. The Morgan fingerprint density at radius 3 is 2.88 bits per heavy atom. The van der Waals surface area contributed by atoms with Crippen molar-refractivity contribution in [2.45, 2.75) is 32.2 Å². The molecule has 0 radical (unpaired) electrons. The molecule has 124 valence electrons. The van der Waals surface area contributed by atoms with Crippen molar-refractivity contribution in [3.05, 3.63) is 46.5 Å². The number of anilines is 1. The zero-order valence-corrected chi connectivity index (χ0v) is 15.6. The molecule has 0 spiro atoms. The maximum absolute atomic E-state index is 12.1. The first kappa shape index (κ1) is 16.9. The van der Waals surface area contributed by atoms with Gasteiger partial charge in [-0.1, -0.05) is 30.8 Å². The summed E-state index contributed by atoms with van der Waals surface area (Å²) < 4.78 is 0. The molecule has 0 fully saturated rings. The summed E-state index contributed by atoms with van der Waals surface area (Å²) in [6.45, 7) is 6.31. The van der Waals surface area contributed by atoms with Gasteiger partial charge in [-0.25, -0.2) is 9.97 Å². The fourth-order valence-corrected chi connectivity index (χ4v) is 3.89. The first-order chi connectivity index (χ1) is 11.6. The highest BCUT2D eigenvalue weighted by Gasteiger charge is 2.12. The van der Waals surface area contributed by atoms with E-state index in [0.29, 0.717) is 10.9 Å². The van der Waals surface area contributed by atoms with E-state index in [1.54, 1.807) is 6.20 Å². The van der Waals surface area contributed by atoms with Gasteiger partial charge in [0.15, 0.2) is 5.13 Å². The Morgan fingerprint density at radius 2 is 2.17 bits per heavy atom. The van der Waals surface area contributed by atoms with E-state index in [-0.39, 0.29) is 5.91 Å². The second-order valence-corrected chi connectivity index (χ2v) is 7.42. The third kappa shape index (κ3) is 3.60. The molecule has 2 heterocycles. The van der Waals surface area contributed by atoms with Crippen molar-refractivity contribution in [3.8, 4) is 0 Å². The molecule has 0 aliphatic heterocycles. The van der Waals surface area contributed by atoms with Gasteiger partial charge in [0.2, 0.25) is 5.91 Å². The van der Waals surface area contributed by atoms with Gasteiger partial charge >= 0.3 is 0 Å². The van der Waals surface area contributed by atoms with Gasteiger partial charge in [0.25, 0.3) is 0 Å². The molecule has 2 aromatic heterocycles. The molecular formula is C18H19N3OS2. The monoisotopic (exact) mass is 357 g/mol. The number of fused-ring (bicyclic) bond motifs is 1. The number of carbonyl (C=O) groups excluding carboxylic acids is 1. The molecule has 0 saturated carbocycles. The number of benzene rings is 1. The number of aromatic nitrogens is 2. The van der Waals surface area contributed by atoms with Crippen LogP contribution in [0, 0.1) is 13.8 Å². The summed E-state index contributed by atoms with van der Waals surface area (Å²) in [7, 11) is 0. The van der Waals surface area contributed by atoms with Crippen molar-refractivity contribution in [2.24, 2.45) is 0 Å². The number of aryl methyl sites for hydroxylation is 3. The number of thiazole rings is 1. The van der Waals surface area contributed by atoms with Gasteiger partial charge < -0.3 is 5.32 Å². The van der Waals surface area contributed by atoms with Crippen LogP contribution >= 0.6 is 23.1 Å². The normalized spacial score (nSPS) is 11.0. The van der Waals surface area contributed by atoms with Crippen LogP contribution in [0.15, 0.2) is 34.8 Å². The average Bonchev–Trinajstić information content (AvgIpc) is 3.08. The largest absolute Gasteiger partial charge is 0.301 e. The van der Waals surface area contributed by atoms with Gasteiger partial charge in [-0.2, -0.15) is 0 Å². The number of amides is 1. The summed E-state index contributed by atoms with van der Waals surface area (Å²) in [5.41, 5.74) is 4.63. The van der Waals surface area contributed by atoms with E-state index in [2.05, 4.69) is 49.3 Å². The number of hydrogen-bond acceptors (Lipinski definition) is 5. The van der Waals surface area contributed by atoms with E-state index in [0.717, 1.165) is 22.3 Å². The Hall–Kier alpha value is -1.92. The lowest BCUT2D eigenvalue weighted by Gasteiger charge is -2.11. The molecule has 0 atom stereocenters. The fraction of sp³-hybridized carbons (Fsp3) is 0.278. The maximum Gasteiger partial charge on any atom is 0.236 e. The van der Waals surface area contributed by atoms with Crippen molar-refractivity contribution in [2.75, 3.05) is 11.1 Å². The van der Waals surface area contributed by atoms with Gasteiger partial charge in [-0.3, -0.25) is 4.79 Å². The van der Waals surface area contributed by atoms with Gasteiger partial charge in [0.05, 0.1) is 11.3 Å². The zero-order valence-electron chi connectivity index (χ0n) is 13.9. The van der Waals surface area contributed by atoms with Crippen LogP contribution in [-0.4, -0.2) is 21.6 Å². The topological polar surface area (TPSA) is 54.9 Å². The highest BCUT2D eigenvalue weighted by Crippen LogP contribution is 2.28. The lowest BCUT2D eigenvalue weighted by Crippen LogP contribution is -2.14. The second-order valence-electron chi connectivity index (χ2n) is 5.56. The lowest BCUT2D eigenvalue weighted by atomic mass is 10.0. The maximum atomic E-state index is 12.1. The summed E-state index contributed by atoms with van der Waals surface area (Å²) in [6, 6.07) is 6.44. The van der Waals surface area contributed by atoms with Crippen LogP contribution in [0.3, 0.4) is 0 Å². The number of pyridine rings is 1. The predicted octanol–water partition coefficient (Wildman–Crippen LogP) is 4.60. The number of rotatable bonds is 5. The zero-order chi connectivity index (χ0) is 17.1. The van der Waals surface area contributed by atoms with Crippen LogP contribution in [0.1, 0.15) is 23.6 Å². The minimum Gasteiger partial charge on any atom is -0.301 e. The van der Waals surface area contributed by atoms with Crippen molar-refractivity contribution in [1.82, 2.24) is 9.97 Å². The first-order valence-electron chi connectivity index (χ1n) is 7.80. The molecule has 1 N–H and O–H groups in total. The Morgan fingerprint density at radius 1 is 1.33 bits per heavy atom. The Balaban J connectivity index is 1.82. The van der Waals surface area contributed by atoms with E-state index in [9.17, 15) is 4.79 Å². The highest BCUT2D eigenvalue weighted by molar-refractivity contribution is 8.00. The highest BCUT2D eigenvalue weighted by atomic mass is 32.2. The number of nitrogens with zero attached hydrogens (tertiary/aromatic N) is 2. The van der Waals surface area contributed by atoms with Crippen LogP contribution in [0.5, 0.6) is 0 Å². The standard InChI is InChI=1S/C18H19N3OS2/c1-4-13-9-14-6-5-11(2)12(3)16(14)21-17(13)24-10-15(22)20-18-19-7-8-23-18/h5-9H,4,10H2,1-3H3,(H,19,20,22). The molecule has 3 aromatic rings. The van der Waals surface area contributed by atoms with E-state index < -0.39 is 0 Å². The van der Waals surface area contributed by atoms with Crippen LogP contribution in [-0.2, 0) is 11.2 Å². The van der Waals surface area contributed by atoms with Gasteiger partial charge in [-0.05, 0) is 43.0 Å². The molecule has 3 rings (SSSR count). The van der Waals surface area contributed by atoms with Crippen molar-refractivity contribution in [3.63, 3.8) is 0 Å². The average molecular weight is 358 g/mol. The summed E-state index contributed by atoms with van der Waals surface area (Å²) in [5, 5.41) is 7.38. The van der Waals surface area contributed by atoms with Gasteiger partial charge in [0.1, 0.15) is 5.03 Å². The number of carbonyl (C=O) groups is 1. The fourth-order valence-electron chi connectivity index (χ4n) is 2.46. The van der Waals surface area contributed by atoms with Crippen molar-refractivity contribution < 1.29 is 4.79 Å². The quantitative estimate of drug-likeness (QED) is 0.678. The number of hydrogen-bond donors (Lipinski definition) is 1. The van der Waals surface area contributed by atoms with Crippen LogP contribution in [0.2, 0.25) is 0 Å². The molecular weight excluding hydrogens is 338 g/mol. The van der Waals surface area contributed by atoms with Gasteiger partial charge in [0, 0.05) is 17.0 Å². The van der Waals surface area contributed by atoms with E-state index in [1.165, 1.54) is 39.8 Å². The Bertz CT molecular complexity index is 876. The Kier molecular flexibility index (Phi) is 5.16. The van der Waals surface area contributed by atoms with Crippen LogP contribution in [0.25, 0.3) is 10.9 Å². The summed E-state index contributed by atoms with van der Waals surface area (Å²) in [4.78, 5) is 21.0. The summed E-state index contributed by atoms with van der Waals surface area (Å²) >= 11 is 2.90. The van der Waals surface area contributed by atoms with E-state index in [1.807, 2.05) is 5.38 Å². The summed E-state index contributed by atoms with van der Waals surface area (Å²) in [5.74, 6) is 0.274. The third-order valence-corrected chi connectivity index (χ3v) is 5.67. The van der Waals surface area contributed by atoms with Gasteiger partial charge in [-0.15, -0.1) is 11.3 Å². The smallest absolute Gasteiger partial charge is 0.236 e. The SMILES string of the molecule is CCc1cc2ccc(C)c(C)c2nc1SCC(=O)Nc1nccs1. The molecule has 0 aliphatic rings. The minimum atomic E-state index is -0.0557. The molecule has 1 aromatic carbocycles. The number of nitrogens with one attached hydrogen (secondary N) is 1. The second kappa shape index (κ2) is 7.32. The molecule has 24 heavy (non-hydrogen) atoms. The molecule has 0 bridgehead atoms. The Labute approximate surface area is 149 Å². The van der Waals surface area contributed by atoms with E-state index >= 15 is 0 Å². The van der Waals surface area contributed by atoms with E-state index in [4.69, 9.17) is 4.98 Å². The van der Waals surface area contributed by atoms with Crippen LogP contribution < -0.4 is 5.32 Å². The third-order valence-electron chi connectivity index (χ3n) is 3.95. The minimum absolute atomic E-state index is 0.0557. The molecule has 4 nitrogen and oxygen atoms in total. The molecule has 1 amide bonds. The van der Waals surface area contributed by atoms with Crippen molar-refractivity contribution >= 4 is 45.0 Å². The van der Waals surface area contributed by atoms with Crippen molar-refractivity contribution in [1.29, 1.82) is 0 Å². The molecule has 0 saturated heterocycles. The first-order valence-corrected chi connectivity index (χ1v) is 9.67. The lowest BCUT2D eigenvalue weighted by molar-refractivity contribution is -0.113. The summed E-state index contributed by atoms with van der Waals surface area (Å²) in [6.07, 6.45) is 2.57. The predicted molar refractivity (Wildman–Crippen MR) is 102 cm³/mol. The number of thioether (sulfide) groups is 1. The molecule has 6 heteroatoms.